The Balaban J connectivity index is 2.01. The SMILES string of the molecule is O=C(NO)c1cc2c(ccn2Cc2cccnc2)cn1. The monoisotopic (exact) mass is 268 g/mol. The number of aromatic nitrogens is 3. The number of carbonyl (C=O) groups is 1. The van der Waals surface area contributed by atoms with Gasteiger partial charge in [0.15, 0.2) is 0 Å². The normalized spacial score (nSPS) is 10.7. The maximum atomic E-state index is 11.4. The summed E-state index contributed by atoms with van der Waals surface area (Å²) >= 11 is 0. The van der Waals surface area contributed by atoms with Crippen molar-refractivity contribution in [1.82, 2.24) is 20.0 Å². The van der Waals surface area contributed by atoms with Crippen LogP contribution in [0.4, 0.5) is 0 Å². The molecule has 3 aromatic heterocycles. The maximum Gasteiger partial charge on any atom is 0.293 e. The van der Waals surface area contributed by atoms with E-state index in [1.54, 1.807) is 30.1 Å². The molecule has 0 aliphatic carbocycles. The molecule has 0 saturated carbocycles. The van der Waals surface area contributed by atoms with Gasteiger partial charge in [0.05, 0.1) is 5.52 Å². The quantitative estimate of drug-likeness (QED) is 0.558. The van der Waals surface area contributed by atoms with Crippen LogP contribution in [0, 0.1) is 0 Å². The van der Waals surface area contributed by atoms with E-state index in [9.17, 15) is 4.79 Å². The fraction of sp³-hybridized carbons (Fsp3) is 0.0714. The molecule has 0 saturated heterocycles. The Kier molecular flexibility index (Phi) is 3.14. The van der Waals surface area contributed by atoms with Gasteiger partial charge in [-0.2, -0.15) is 0 Å². The summed E-state index contributed by atoms with van der Waals surface area (Å²) < 4.78 is 2.00. The lowest BCUT2D eigenvalue weighted by molar-refractivity contribution is 0.0701. The Hall–Kier alpha value is -2.73. The molecule has 0 unspecified atom stereocenters. The molecule has 6 heteroatoms. The summed E-state index contributed by atoms with van der Waals surface area (Å²) in [5, 5.41) is 9.59. The van der Waals surface area contributed by atoms with Crippen molar-refractivity contribution in [3.05, 3.63) is 60.3 Å². The van der Waals surface area contributed by atoms with Crippen molar-refractivity contribution < 1.29 is 10.0 Å². The van der Waals surface area contributed by atoms with Crippen LogP contribution in [0.2, 0.25) is 0 Å². The molecule has 0 aliphatic heterocycles. The zero-order valence-corrected chi connectivity index (χ0v) is 10.5. The van der Waals surface area contributed by atoms with Crippen molar-refractivity contribution in [2.45, 2.75) is 6.54 Å². The summed E-state index contributed by atoms with van der Waals surface area (Å²) in [7, 11) is 0. The molecule has 3 rings (SSSR count). The number of pyridine rings is 2. The van der Waals surface area contributed by atoms with Gasteiger partial charge in [0.1, 0.15) is 5.69 Å². The number of nitrogens with one attached hydrogen (secondary N) is 1. The molecule has 0 atom stereocenters. The molecule has 0 fully saturated rings. The first-order valence-corrected chi connectivity index (χ1v) is 6.06. The van der Waals surface area contributed by atoms with Crippen LogP contribution in [-0.4, -0.2) is 25.6 Å². The predicted octanol–water partition coefficient (Wildman–Crippen LogP) is 1.60. The van der Waals surface area contributed by atoms with Crippen molar-refractivity contribution in [3.8, 4) is 0 Å². The molecule has 2 N–H and O–H groups in total. The van der Waals surface area contributed by atoms with E-state index in [0.29, 0.717) is 6.54 Å². The van der Waals surface area contributed by atoms with Gasteiger partial charge in [-0.05, 0) is 23.8 Å². The van der Waals surface area contributed by atoms with E-state index >= 15 is 0 Å². The van der Waals surface area contributed by atoms with E-state index in [4.69, 9.17) is 5.21 Å². The number of hydrogen-bond donors (Lipinski definition) is 2. The number of nitrogens with zero attached hydrogens (tertiary/aromatic N) is 3. The molecular weight excluding hydrogens is 256 g/mol. The van der Waals surface area contributed by atoms with Crippen molar-refractivity contribution in [2.75, 3.05) is 0 Å². The first-order chi connectivity index (χ1) is 9.78. The minimum Gasteiger partial charge on any atom is -0.343 e. The third kappa shape index (κ3) is 2.24. The lowest BCUT2D eigenvalue weighted by Crippen LogP contribution is -2.19. The van der Waals surface area contributed by atoms with Gasteiger partial charge >= 0.3 is 0 Å². The van der Waals surface area contributed by atoms with Gasteiger partial charge in [-0.15, -0.1) is 0 Å². The lowest BCUT2D eigenvalue weighted by Gasteiger charge is -2.06. The fourth-order valence-corrected chi connectivity index (χ4v) is 2.09. The van der Waals surface area contributed by atoms with Gasteiger partial charge in [-0.3, -0.25) is 20.0 Å². The topological polar surface area (TPSA) is 80.0 Å². The van der Waals surface area contributed by atoms with Crippen LogP contribution in [0.5, 0.6) is 0 Å². The molecule has 0 radical (unpaired) electrons. The van der Waals surface area contributed by atoms with Gasteiger partial charge < -0.3 is 4.57 Å². The lowest BCUT2D eigenvalue weighted by atomic mass is 10.2. The molecule has 0 aromatic carbocycles. The highest BCUT2D eigenvalue weighted by Gasteiger charge is 2.09. The molecule has 0 aliphatic rings. The number of fused-ring (bicyclic) bond motifs is 1. The zero-order valence-electron chi connectivity index (χ0n) is 10.5. The van der Waals surface area contributed by atoms with Gasteiger partial charge in [-0.25, -0.2) is 5.48 Å². The number of amides is 1. The van der Waals surface area contributed by atoms with E-state index in [-0.39, 0.29) is 5.69 Å². The third-order valence-corrected chi connectivity index (χ3v) is 3.07. The molecule has 1 amide bonds. The molecule has 0 spiro atoms. The third-order valence-electron chi connectivity index (χ3n) is 3.07. The van der Waals surface area contributed by atoms with Crippen LogP contribution < -0.4 is 5.48 Å². The van der Waals surface area contributed by atoms with Crippen LogP contribution in [0.1, 0.15) is 16.1 Å². The number of hydrogen-bond acceptors (Lipinski definition) is 4. The maximum absolute atomic E-state index is 11.4. The standard InChI is InChI=1S/C14H12N4O2/c19-14(17-20)12-6-13-11(8-16-12)3-5-18(13)9-10-2-1-4-15-7-10/h1-8,20H,9H2,(H,17,19). The van der Waals surface area contributed by atoms with E-state index in [1.165, 1.54) is 0 Å². The van der Waals surface area contributed by atoms with Crippen LogP contribution in [0.3, 0.4) is 0 Å². The largest absolute Gasteiger partial charge is 0.343 e. The average molecular weight is 268 g/mol. The molecule has 0 bridgehead atoms. The average Bonchev–Trinajstić information content (AvgIpc) is 2.90. The van der Waals surface area contributed by atoms with Crippen molar-refractivity contribution >= 4 is 16.8 Å². The fourth-order valence-electron chi connectivity index (χ4n) is 2.09. The summed E-state index contributed by atoms with van der Waals surface area (Å²) in [6.45, 7) is 0.654. The van der Waals surface area contributed by atoms with Crippen molar-refractivity contribution in [2.24, 2.45) is 0 Å². The first-order valence-electron chi connectivity index (χ1n) is 6.06. The Labute approximate surface area is 114 Å². The number of hydroxylamine groups is 1. The van der Waals surface area contributed by atoms with Gasteiger partial charge in [0.25, 0.3) is 5.91 Å². The Morgan fingerprint density at radius 1 is 1.35 bits per heavy atom. The first kappa shape index (κ1) is 12.3. The summed E-state index contributed by atoms with van der Waals surface area (Å²) in [4.78, 5) is 19.5. The summed E-state index contributed by atoms with van der Waals surface area (Å²) in [6, 6.07) is 7.45. The summed E-state index contributed by atoms with van der Waals surface area (Å²) in [6.07, 6.45) is 7.07. The molecule has 100 valence electrons. The Morgan fingerprint density at radius 3 is 3.00 bits per heavy atom. The summed E-state index contributed by atoms with van der Waals surface area (Å²) in [5.74, 6) is -0.624. The molecule has 6 nitrogen and oxygen atoms in total. The van der Waals surface area contributed by atoms with E-state index < -0.39 is 5.91 Å². The smallest absolute Gasteiger partial charge is 0.293 e. The zero-order chi connectivity index (χ0) is 13.9. The minimum atomic E-state index is -0.624. The molecule has 20 heavy (non-hydrogen) atoms. The predicted molar refractivity (Wildman–Crippen MR) is 72.3 cm³/mol. The second kappa shape index (κ2) is 5.10. The summed E-state index contributed by atoms with van der Waals surface area (Å²) in [5.41, 5.74) is 3.70. The van der Waals surface area contributed by atoms with Gasteiger partial charge in [-0.1, -0.05) is 6.07 Å². The van der Waals surface area contributed by atoms with Gasteiger partial charge in [0, 0.05) is 36.7 Å². The molecule has 3 aromatic rings. The second-order valence-corrected chi connectivity index (χ2v) is 4.37. The highest BCUT2D eigenvalue weighted by atomic mass is 16.5. The Bertz CT molecular complexity index is 752. The number of carbonyl (C=O) groups excluding carboxylic acids is 1. The van der Waals surface area contributed by atoms with Crippen LogP contribution in [0.25, 0.3) is 10.9 Å². The Morgan fingerprint density at radius 2 is 2.25 bits per heavy atom. The number of rotatable bonds is 3. The van der Waals surface area contributed by atoms with Gasteiger partial charge in [0.2, 0.25) is 0 Å². The minimum absolute atomic E-state index is 0.172. The van der Waals surface area contributed by atoms with E-state index in [0.717, 1.165) is 16.5 Å². The highest BCUT2D eigenvalue weighted by Crippen LogP contribution is 2.17. The molecular formula is C14H12N4O2. The van der Waals surface area contributed by atoms with E-state index in [1.807, 2.05) is 29.0 Å². The van der Waals surface area contributed by atoms with Crippen molar-refractivity contribution in [3.63, 3.8) is 0 Å². The van der Waals surface area contributed by atoms with Crippen LogP contribution in [-0.2, 0) is 6.54 Å². The van der Waals surface area contributed by atoms with Crippen LogP contribution >= 0.6 is 0 Å². The van der Waals surface area contributed by atoms with Crippen LogP contribution in [0.15, 0.2) is 49.1 Å². The van der Waals surface area contributed by atoms with Crippen molar-refractivity contribution in [1.29, 1.82) is 0 Å². The highest BCUT2D eigenvalue weighted by molar-refractivity contribution is 5.95. The van der Waals surface area contributed by atoms with E-state index in [2.05, 4.69) is 9.97 Å². The molecule has 3 heterocycles. The second-order valence-electron chi connectivity index (χ2n) is 4.37.